The van der Waals surface area contributed by atoms with Gasteiger partial charge >= 0.3 is 11.9 Å². The molecule has 0 aliphatic heterocycles. The van der Waals surface area contributed by atoms with Gasteiger partial charge in [-0.05, 0) is 66.3 Å². The van der Waals surface area contributed by atoms with Crippen molar-refractivity contribution in [2.24, 2.45) is 5.92 Å². The highest BCUT2D eigenvalue weighted by Crippen LogP contribution is 2.30. The van der Waals surface area contributed by atoms with Crippen molar-refractivity contribution in [1.29, 1.82) is 0 Å². The van der Waals surface area contributed by atoms with Crippen molar-refractivity contribution in [2.45, 2.75) is 30.8 Å². The van der Waals surface area contributed by atoms with Gasteiger partial charge in [0, 0.05) is 6.42 Å². The van der Waals surface area contributed by atoms with Crippen LogP contribution in [0.2, 0.25) is 0 Å². The molecule has 3 aromatic carbocycles. The van der Waals surface area contributed by atoms with Gasteiger partial charge < -0.3 is 9.47 Å². The van der Waals surface area contributed by atoms with E-state index in [1.165, 1.54) is 12.1 Å². The molecule has 0 atom stereocenters. The molecule has 8 heteroatoms. The third kappa shape index (κ3) is 7.00. The Morgan fingerprint density at radius 2 is 1.37 bits per heavy atom. The quantitative estimate of drug-likeness (QED) is 0.285. The second-order valence-corrected chi connectivity index (χ2v) is 9.92. The van der Waals surface area contributed by atoms with Gasteiger partial charge in [-0.3, -0.25) is 4.18 Å². The molecule has 35 heavy (non-hydrogen) atoms. The predicted molar refractivity (Wildman–Crippen MR) is 128 cm³/mol. The van der Waals surface area contributed by atoms with Crippen molar-refractivity contribution in [1.82, 2.24) is 0 Å². The Kier molecular flexibility index (Phi) is 7.94. The van der Waals surface area contributed by atoms with Gasteiger partial charge in [0.1, 0.15) is 6.61 Å². The lowest BCUT2D eigenvalue weighted by molar-refractivity contribution is 0.0471. The molecule has 1 saturated carbocycles. The second kappa shape index (κ2) is 11.3. The van der Waals surface area contributed by atoms with E-state index in [2.05, 4.69) is 0 Å². The maximum absolute atomic E-state index is 12.6. The first-order chi connectivity index (χ1) is 16.9. The van der Waals surface area contributed by atoms with E-state index in [-0.39, 0.29) is 30.6 Å². The highest BCUT2D eigenvalue weighted by atomic mass is 32.2. The normalized spacial score (nSPS) is 13.3. The van der Waals surface area contributed by atoms with Gasteiger partial charge in [0.2, 0.25) is 0 Å². The lowest BCUT2D eigenvalue weighted by Gasteiger charge is -2.13. The Bertz CT molecular complexity index is 1270. The van der Waals surface area contributed by atoms with Gasteiger partial charge in [0.15, 0.2) is 0 Å². The first-order valence-electron chi connectivity index (χ1n) is 11.4. The molecule has 0 aromatic heterocycles. The van der Waals surface area contributed by atoms with Crippen LogP contribution in [-0.2, 0) is 36.8 Å². The van der Waals surface area contributed by atoms with Gasteiger partial charge in [-0.15, -0.1) is 0 Å². The van der Waals surface area contributed by atoms with Crippen molar-refractivity contribution in [3.63, 3.8) is 0 Å². The van der Waals surface area contributed by atoms with Crippen LogP contribution in [0.4, 0.5) is 0 Å². The van der Waals surface area contributed by atoms with Crippen LogP contribution < -0.4 is 0 Å². The lowest BCUT2D eigenvalue weighted by atomic mass is 10.1. The Hall–Kier alpha value is -3.49. The van der Waals surface area contributed by atoms with Crippen molar-refractivity contribution < 1.29 is 31.7 Å². The zero-order valence-corrected chi connectivity index (χ0v) is 19.9. The first kappa shape index (κ1) is 24.6. The maximum Gasteiger partial charge on any atom is 0.338 e. The Morgan fingerprint density at radius 1 is 0.771 bits per heavy atom. The van der Waals surface area contributed by atoms with Crippen molar-refractivity contribution >= 4 is 22.1 Å². The lowest BCUT2D eigenvalue weighted by Crippen LogP contribution is -2.13. The van der Waals surface area contributed by atoms with Crippen LogP contribution >= 0.6 is 0 Å². The van der Waals surface area contributed by atoms with Gasteiger partial charge in [-0.1, -0.05) is 42.5 Å². The third-order valence-corrected chi connectivity index (χ3v) is 6.88. The maximum atomic E-state index is 12.6. The number of ether oxygens (including phenoxy) is 2. The molecular formula is C27H26O7S. The largest absolute Gasteiger partial charge is 0.462 e. The fourth-order valence-electron chi connectivity index (χ4n) is 3.39. The highest BCUT2D eigenvalue weighted by molar-refractivity contribution is 7.86. The van der Waals surface area contributed by atoms with Gasteiger partial charge in [-0.25, -0.2) is 9.59 Å². The fourth-order valence-corrected chi connectivity index (χ4v) is 4.42. The summed E-state index contributed by atoms with van der Waals surface area (Å²) < 4.78 is 41.3. The van der Waals surface area contributed by atoms with E-state index < -0.39 is 22.1 Å². The third-order valence-electron chi connectivity index (χ3n) is 5.60. The van der Waals surface area contributed by atoms with Crippen LogP contribution in [0, 0.1) is 5.92 Å². The van der Waals surface area contributed by atoms with Crippen LogP contribution in [0.25, 0.3) is 0 Å². The SMILES string of the molecule is O=C(OCCc1ccc(S(=O)(=O)OCC2CC2)cc1COC(=O)c1ccccc1)c1ccccc1. The molecule has 0 N–H and O–H groups in total. The molecule has 7 nitrogen and oxygen atoms in total. The average molecular weight is 495 g/mol. The molecule has 1 aliphatic rings. The zero-order valence-electron chi connectivity index (χ0n) is 19.1. The monoisotopic (exact) mass is 494 g/mol. The molecule has 182 valence electrons. The number of carbonyl (C=O) groups is 2. The first-order valence-corrected chi connectivity index (χ1v) is 12.8. The summed E-state index contributed by atoms with van der Waals surface area (Å²) in [5.74, 6) is -0.685. The highest BCUT2D eigenvalue weighted by Gasteiger charge is 2.26. The Labute approximate surface area is 204 Å². The van der Waals surface area contributed by atoms with E-state index in [0.29, 0.717) is 28.7 Å². The van der Waals surface area contributed by atoms with E-state index in [0.717, 1.165) is 12.8 Å². The molecule has 3 aromatic rings. The molecule has 0 spiro atoms. The number of benzene rings is 3. The summed E-state index contributed by atoms with van der Waals surface area (Å²) in [5, 5.41) is 0. The number of rotatable bonds is 11. The smallest absolute Gasteiger partial charge is 0.338 e. The minimum Gasteiger partial charge on any atom is -0.462 e. The number of hydrogen-bond donors (Lipinski definition) is 0. The minimum atomic E-state index is -3.94. The molecule has 0 saturated heterocycles. The zero-order chi connectivity index (χ0) is 24.7. The summed E-state index contributed by atoms with van der Waals surface area (Å²) in [5.41, 5.74) is 2.04. The van der Waals surface area contributed by atoms with Crippen LogP contribution in [0.3, 0.4) is 0 Å². The van der Waals surface area contributed by atoms with E-state index in [1.807, 2.05) is 6.07 Å². The molecule has 1 fully saturated rings. The van der Waals surface area contributed by atoms with Crippen molar-refractivity contribution in [3.05, 3.63) is 101 Å². The van der Waals surface area contributed by atoms with E-state index in [1.54, 1.807) is 60.7 Å². The summed E-state index contributed by atoms with van der Waals surface area (Å²) in [7, 11) is -3.94. The van der Waals surface area contributed by atoms with Crippen LogP contribution in [0.5, 0.6) is 0 Å². The number of carbonyl (C=O) groups excluding carboxylic acids is 2. The van der Waals surface area contributed by atoms with Crippen LogP contribution in [0.1, 0.15) is 44.7 Å². The van der Waals surface area contributed by atoms with E-state index in [9.17, 15) is 18.0 Å². The van der Waals surface area contributed by atoms with Gasteiger partial charge in [-0.2, -0.15) is 8.42 Å². The standard InChI is InChI=1S/C27H26O7S/c28-26(22-7-3-1-4-8-22)32-16-15-21-13-14-25(35(30,31)34-18-20-11-12-20)17-24(21)19-33-27(29)23-9-5-2-6-10-23/h1-10,13-14,17,20H,11-12,15-16,18-19H2. The Morgan fingerprint density at radius 3 is 1.97 bits per heavy atom. The summed E-state index contributed by atoms with van der Waals surface area (Å²) in [6.45, 7) is 0.108. The van der Waals surface area contributed by atoms with Crippen molar-refractivity contribution in [3.8, 4) is 0 Å². The van der Waals surface area contributed by atoms with E-state index >= 15 is 0 Å². The molecule has 0 unspecified atom stereocenters. The Balaban J connectivity index is 1.47. The van der Waals surface area contributed by atoms with Gasteiger partial charge in [0.25, 0.3) is 10.1 Å². The predicted octanol–water partition coefficient (Wildman–Crippen LogP) is 4.56. The van der Waals surface area contributed by atoms with Crippen molar-refractivity contribution in [2.75, 3.05) is 13.2 Å². The number of hydrogen-bond acceptors (Lipinski definition) is 7. The molecule has 1 aliphatic carbocycles. The van der Waals surface area contributed by atoms with Crippen LogP contribution in [0.15, 0.2) is 83.8 Å². The van der Waals surface area contributed by atoms with E-state index in [4.69, 9.17) is 13.7 Å². The molecule has 0 bridgehead atoms. The summed E-state index contributed by atoms with van der Waals surface area (Å²) in [4.78, 5) is 24.6. The molecule has 0 amide bonds. The molecular weight excluding hydrogens is 468 g/mol. The summed E-state index contributed by atoms with van der Waals surface area (Å²) in [6.07, 6.45) is 2.26. The molecule has 0 heterocycles. The average Bonchev–Trinajstić information content (AvgIpc) is 3.72. The van der Waals surface area contributed by atoms with Gasteiger partial charge in [0.05, 0.1) is 29.2 Å². The second-order valence-electron chi connectivity index (χ2n) is 8.31. The molecule has 4 rings (SSSR count). The summed E-state index contributed by atoms with van der Waals surface area (Å²) >= 11 is 0. The minimum absolute atomic E-state index is 0.00561. The van der Waals surface area contributed by atoms with Crippen LogP contribution in [-0.4, -0.2) is 33.6 Å². The fraction of sp³-hybridized carbons (Fsp3) is 0.259. The summed E-state index contributed by atoms with van der Waals surface area (Å²) in [6, 6.07) is 21.7. The topological polar surface area (TPSA) is 96.0 Å². The molecule has 0 radical (unpaired) electrons. The number of esters is 2.